The van der Waals surface area contributed by atoms with Crippen LogP contribution in [0.3, 0.4) is 0 Å². The fourth-order valence-corrected chi connectivity index (χ4v) is 13.4. The molecule has 2 fully saturated rings. The zero-order chi connectivity index (χ0) is 56.0. The molecule has 6 heterocycles. The molecule has 0 bridgehead atoms. The van der Waals surface area contributed by atoms with E-state index in [0.717, 1.165) is 87.0 Å². The van der Waals surface area contributed by atoms with Crippen LogP contribution in [0.4, 0.5) is 0 Å². The standard InChI is InChI=1S/2C29H39NO9/c2*1-27(2,33)8-5-10-29(34,16-23(31)36-4)26(32)39-25-22(35-3)15-28-9-6-11-30(28)12-7-18-13-20-21(38-17-37-20)14-19(18)24(25)28/h2*13-15,24-25,33-34H,5-12,16-17H2,1-4H3/t24?,25?,28-,29+;24-,25?,28+,29+/m00/s1. The predicted octanol–water partition coefficient (Wildman–Crippen LogP) is 5.16. The van der Waals surface area contributed by atoms with Gasteiger partial charge in [-0.05, 0) is 177 Å². The predicted molar refractivity (Wildman–Crippen MR) is 279 cm³/mol. The van der Waals surface area contributed by atoms with Gasteiger partial charge in [0.25, 0.3) is 0 Å². The average Bonchev–Trinajstić information content (AvgIpc) is 4.29. The molecule has 0 radical (unpaired) electrons. The summed E-state index contributed by atoms with van der Waals surface area (Å²) in [5.41, 5.74) is -2.85. The van der Waals surface area contributed by atoms with E-state index < -0.39 is 82.4 Å². The highest BCUT2D eigenvalue weighted by atomic mass is 16.7. The van der Waals surface area contributed by atoms with Crippen molar-refractivity contribution >= 4 is 23.9 Å². The van der Waals surface area contributed by atoms with E-state index in [2.05, 4.69) is 22.0 Å². The number of nitrogens with zero attached hydrogens (tertiary/aromatic N) is 2. The molecule has 2 spiro atoms. The Bertz CT molecular complexity index is 2500. The Labute approximate surface area is 455 Å². The fourth-order valence-electron chi connectivity index (χ4n) is 13.4. The minimum absolute atomic E-state index is 0.0686. The van der Waals surface area contributed by atoms with Crippen LogP contribution < -0.4 is 18.9 Å². The molecule has 0 aromatic heterocycles. The van der Waals surface area contributed by atoms with Crippen LogP contribution >= 0.6 is 0 Å². The van der Waals surface area contributed by atoms with Gasteiger partial charge in [0.15, 0.2) is 46.4 Å². The van der Waals surface area contributed by atoms with Crippen LogP contribution in [0.5, 0.6) is 23.0 Å². The normalized spacial score (nSPS) is 27.0. The van der Waals surface area contributed by atoms with Gasteiger partial charge in [-0.3, -0.25) is 19.4 Å². The maximum absolute atomic E-state index is 13.8. The molecule has 8 aliphatic rings. The summed E-state index contributed by atoms with van der Waals surface area (Å²) in [7, 11) is 5.52. The molecular formula is C58H78N2O18. The molecule has 0 saturated carbocycles. The molecule has 0 amide bonds. The lowest BCUT2D eigenvalue weighted by atomic mass is 9.77. The summed E-state index contributed by atoms with van der Waals surface area (Å²) in [5, 5.41) is 43.3. The van der Waals surface area contributed by atoms with E-state index in [1.165, 1.54) is 14.2 Å². The highest BCUT2D eigenvalue weighted by Crippen LogP contribution is 2.58. The second kappa shape index (κ2) is 22.1. The van der Waals surface area contributed by atoms with Crippen molar-refractivity contribution < 1.29 is 87.0 Å². The van der Waals surface area contributed by atoms with Crippen LogP contribution in [-0.2, 0) is 60.4 Å². The number of hydrogen-bond donors (Lipinski definition) is 4. The molecule has 10 rings (SSSR count). The molecule has 6 aliphatic heterocycles. The van der Waals surface area contributed by atoms with Gasteiger partial charge >= 0.3 is 23.9 Å². The number of aliphatic hydroxyl groups is 4. The van der Waals surface area contributed by atoms with E-state index in [1.54, 1.807) is 41.9 Å². The van der Waals surface area contributed by atoms with Gasteiger partial charge in [-0.2, -0.15) is 0 Å². The number of ether oxygens (including phenoxy) is 10. The minimum atomic E-state index is -2.12. The van der Waals surface area contributed by atoms with E-state index in [-0.39, 0.29) is 38.3 Å². The number of fused-ring (bicyclic) bond motifs is 6. The maximum atomic E-state index is 13.8. The molecule has 20 heteroatoms. The summed E-state index contributed by atoms with van der Waals surface area (Å²) >= 11 is 0. The molecule has 2 aromatic carbocycles. The zero-order valence-corrected chi connectivity index (χ0v) is 46.3. The van der Waals surface area contributed by atoms with Crippen molar-refractivity contribution in [2.45, 2.75) is 175 Å². The number of rotatable bonds is 18. The fraction of sp³-hybridized carbons (Fsp3) is 0.655. The average molecular weight is 1090 g/mol. The first-order chi connectivity index (χ1) is 37.0. The van der Waals surface area contributed by atoms with Crippen molar-refractivity contribution in [3.63, 3.8) is 0 Å². The number of esters is 4. The first-order valence-electron chi connectivity index (χ1n) is 27.3. The number of hydrogen-bond acceptors (Lipinski definition) is 20. The van der Waals surface area contributed by atoms with Crippen LogP contribution in [0, 0.1) is 0 Å². The number of benzene rings is 2. The number of carbonyl (C=O) groups is 4. The lowest BCUT2D eigenvalue weighted by Gasteiger charge is -2.39. The van der Waals surface area contributed by atoms with Crippen molar-refractivity contribution in [1.82, 2.24) is 9.80 Å². The van der Waals surface area contributed by atoms with Gasteiger partial charge in [-0.1, -0.05) is 0 Å². The van der Waals surface area contributed by atoms with Gasteiger partial charge in [0.05, 0.1) is 75.4 Å². The molecule has 2 saturated heterocycles. The summed E-state index contributed by atoms with van der Waals surface area (Å²) < 4.78 is 56.2. The second-order valence-electron chi connectivity index (χ2n) is 23.5. The van der Waals surface area contributed by atoms with Crippen LogP contribution in [-0.4, -0.2) is 168 Å². The van der Waals surface area contributed by atoms with Gasteiger partial charge in [0.2, 0.25) is 13.6 Å². The third kappa shape index (κ3) is 11.1. The molecule has 2 aromatic rings. The van der Waals surface area contributed by atoms with Gasteiger partial charge in [0, 0.05) is 13.1 Å². The van der Waals surface area contributed by atoms with Crippen molar-refractivity contribution in [1.29, 1.82) is 0 Å². The highest BCUT2D eigenvalue weighted by Gasteiger charge is 2.61. The van der Waals surface area contributed by atoms with Gasteiger partial charge in [-0.25, -0.2) is 9.59 Å². The molecular weight excluding hydrogens is 1010 g/mol. The van der Waals surface area contributed by atoms with Crippen molar-refractivity contribution in [3.8, 4) is 23.0 Å². The topological polar surface area (TPSA) is 248 Å². The third-order valence-electron chi connectivity index (χ3n) is 17.2. The molecule has 4 N–H and O–H groups in total. The molecule has 2 aliphatic carbocycles. The Kier molecular flexibility index (Phi) is 16.2. The van der Waals surface area contributed by atoms with Crippen LogP contribution in [0.1, 0.15) is 139 Å². The Morgan fingerprint density at radius 1 is 0.564 bits per heavy atom. The molecule has 78 heavy (non-hydrogen) atoms. The van der Waals surface area contributed by atoms with E-state index >= 15 is 0 Å². The summed E-state index contributed by atoms with van der Waals surface area (Å²) in [6, 6.07) is 8.01. The van der Waals surface area contributed by atoms with Gasteiger partial charge < -0.3 is 67.8 Å². The number of carbonyl (C=O) groups excluding carboxylic acids is 4. The summed E-state index contributed by atoms with van der Waals surface area (Å²) in [5.74, 6) is -0.129. The first-order valence-corrected chi connectivity index (χ1v) is 27.3. The highest BCUT2D eigenvalue weighted by molar-refractivity contribution is 5.87. The van der Waals surface area contributed by atoms with Crippen LogP contribution in [0.15, 0.2) is 47.9 Å². The first kappa shape index (κ1) is 57.1. The van der Waals surface area contributed by atoms with Crippen LogP contribution in [0.25, 0.3) is 0 Å². The van der Waals surface area contributed by atoms with Crippen molar-refractivity contribution in [2.24, 2.45) is 0 Å². The summed E-state index contributed by atoms with van der Waals surface area (Å²) in [4.78, 5) is 56.8. The largest absolute Gasteiger partial charge is 0.497 e. The van der Waals surface area contributed by atoms with Crippen molar-refractivity contribution in [2.75, 3.05) is 68.2 Å². The molecule has 3 unspecified atom stereocenters. The Hall–Kier alpha value is -5.64. The maximum Gasteiger partial charge on any atom is 0.339 e. The molecule has 8 atom stereocenters. The van der Waals surface area contributed by atoms with Crippen molar-refractivity contribution in [3.05, 3.63) is 70.2 Å². The van der Waals surface area contributed by atoms with E-state index in [0.29, 0.717) is 60.2 Å². The van der Waals surface area contributed by atoms with E-state index in [4.69, 9.17) is 47.4 Å². The second-order valence-corrected chi connectivity index (χ2v) is 23.5. The van der Waals surface area contributed by atoms with Gasteiger partial charge in [0.1, 0.15) is 11.5 Å². The zero-order valence-electron chi connectivity index (χ0n) is 46.3. The van der Waals surface area contributed by atoms with E-state index in [9.17, 15) is 39.6 Å². The van der Waals surface area contributed by atoms with Crippen LogP contribution in [0.2, 0.25) is 0 Å². The lowest BCUT2D eigenvalue weighted by Crippen LogP contribution is -2.49. The Balaban J connectivity index is 0.000000190. The summed E-state index contributed by atoms with van der Waals surface area (Å²) in [6.07, 6.45) is 7.88. The molecule has 428 valence electrons. The smallest absolute Gasteiger partial charge is 0.339 e. The third-order valence-corrected chi connectivity index (χ3v) is 17.2. The monoisotopic (exact) mass is 1090 g/mol. The quantitative estimate of drug-likeness (QED) is 0.111. The molecule has 20 nitrogen and oxygen atoms in total. The summed E-state index contributed by atoms with van der Waals surface area (Å²) in [6.45, 7) is 10.4. The van der Waals surface area contributed by atoms with E-state index in [1.807, 2.05) is 24.3 Å². The number of methoxy groups -OCH3 is 4. The lowest BCUT2D eigenvalue weighted by molar-refractivity contribution is -0.178. The Morgan fingerprint density at radius 3 is 1.28 bits per heavy atom. The Morgan fingerprint density at radius 2 is 0.936 bits per heavy atom. The SMILES string of the molecule is COC(=O)C[C@](O)(CCCC(C)(C)O)C(=O)OC1C(OC)=C[C@@]23CCCN2CCc2cc4c(cc2[C@@H]13)OCO4.COC(=O)C[C@](O)(CCCC(C)(C)O)C(=O)OC1C(OC)=C[C@]23CCCN2CCc2cc4c(cc2C13)OCO4. The minimum Gasteiger partial charge on any atom is -0.497 e. The van der Waals surface area contributed by atoms with Gasteiger partial charge in [-0.15, -0.1) is 0 Å².